The fourth-order valence-corrected chi connectivity index (χ4v) is 3.11. The zero-order valence-electron chi connectivity index (χ0n) is 13.5. The lowest BCUT2D eigenvalue weighted by Gasteiger charge is -2.38. The Labute approximate surface area is 143 Å². The van der Waals surface area contributed by atoms with Gasteiger partial charge in [0.15, 0.2) is 0 Å². The first-order valence-corrected chi connectivity index (χ1v) is 7.87. The van der Waals surface area contributed by atoms with Gasteiger partial charge in [0.2, 0.25) is 0 Å². The zero-order valence-corrected chi connectivity index (χ0v) is 14.3. The van der Waals surface area contributed by atoms with Crippen LogP contribution in [-0.4, -0.2) is 47.0 Å². The second kappa shape index (κ2) is 8.45. The van der Waals surface area contributed by atoms with Crippen molar-refractivity contribution in [2.75, 3.05) is 20.2 Å². The summed E-state index contributed by atoms with van der Waals surface area (Å²) in [5.41, 5.74) is 8.10. The van der Waals surface area contributed by atoms with E-state index in [1.165, 1.54) is 0 Å². The van der Waals surface area contributed by atoms with Crippen LogP contribution in [0.2, 0.25) is 0 Å². The number of benzene rings is 1. The minimum Gasteiger partial charge on any atom is -0.381 e. The van der Waals surface area contributed by atoms with E-state index in [0.29, 0.717) is 18.7 Å². The van der Waals surface area contributed by atoms with Gasteiger partial charge in [-0.2, -0.15) is 5.10 Å². The minimum absolute atomic E-state index is 0. The number of piperidine rings is 1. The molecule has 2 atom stereocenters. The molecule has 2 aromatic rings. The lowest BCUT2D eigenvalue weighted by atomic mass is 9.99. The van der Waals surface area contributed by atoms with Gasteiger partial charge in [-0.25, -0.2) is 4.68 Å². The van der Waals surface area contributed by atoms with E-state index >= 15 is 0 Å². The summed E-state index contributed by atoms with van der Waals surface area (Å²) in [6.07, 6.45) is 4.43. The van der Waals surface area contributed by atoms with Crippen LogP contribution in [-0.2, 0) is 11.3 Å². The molecule has 2 unspecified atom stereocenters. The second-order valence-electron chi connectivity index (χ2n) is 5.83. The van der Waals surface area contributed by atoms with Gasteiger partial charge in [0.1, 0.15) is 0 Å². The molecule has 1 saturated heterocycles. The largest absolute Gasteiger partial charge is 0.381 e. The van der Waals surface area contributed by atoms with Crippen LogP contribution in [0.25, 0.3) is 5.69 Å². The van der Waals surface area contributed by atoms with E-state index in [2.05, 4.69) is 28.2 Å². The molecule has 0 bridgehead atoms. The molecule has 1 fully saturated rings. The maximum atomic E-state index is 5.94. The van der Waals surface area contributed by atoms with Crippen LogP contribution in [0.4, 0.5) is 0 Å². The standard InChI is InChI=1S/C17H24N4O.ClH/c1-22-17-8-9-20(16(11-17)12-18)13-14-7-10-21(19-14)15-5-3-2-4-6-15;/h2-7,10,16-17H,8-9,11-13,18H2,1H3;1H. The summed E-state index contributed by atoms with van der Waals surface area (Å²) in [6, 6.07) is 12.6. The number of rotatable bonds is 5. The number of ether oxygens (including phenoxy) is 1. The van der Waals surface area contributed by atoms with Gasteiger partial charge in [-0.15, -0.1) is 12.4 Å². The minimum atomic E-state index is 0. The average molecular weight is 337 g/mol. The van der Waals surface area contributed by atoms with Crippen molar-refractivity contribution < 1.29 is 4.74 Å². The molecule has 0 radical (unpaired) electrons. The molecule has 0 amide bonds. The fourth-order valence-electron chi connectivity index (χ4n) is 3.11. The maximum Gasteiger partial charge on any atom is 0.0769 e. The highest BCUT2D eigenvalue weighted by Crippen LogP contribution is 2.21. The lowest BCUT2D eigenvalue weighted by molar-refractivity contribution is 0.00975. The van der Waals surface area contributed by atoms with Gasteiger partial charge in [-0.3, -0.25) is 4.90 Å². The number of likely N-dealkylation sites (tertiary alicyclic amines) is 1. The SMILES string of the molecule is COC1CCN(Cc2ccn(-c3ccccc3)n2)C(CN)C1.Cl. The molecule has 2 heterocycles. The average Bonchev–Trinajstić information content (AvgIpc) is 3.04. The molecular weight excluding hydrogens is 312 g/mol. The molecule has 1 aliphatic rings. The Morgan fingerprint density at radius 1 is 1.26 bits per heavy atom. The van der Waals surface area contributed by atoms with Crippen molar-refractivity contribution in [3.05, 3.63) is 48.3 Å². The normalized spacial score (nSPS) is 21.8. The molecule has 5 nitrogen and oxygen atoms in total. The van der Waals surface area contributed by atoms with Crippen molar-refractivity contribution in [3.8, 4) is 5.69 Å². The molecule has 6 heteroatoms. The van der Waals surface area contributed by atoms with Crippen LogP contribution >= 0.6 is 12.4 Å². The Morgan fingerprint density at radius 3 is 2.74 bits per heavy atom. The number of nitrogens with zero attached hydrogens (tertiary/aromatic N) is 3. The Kier molecular flexibility index (Phi) is 6.59. The van der Waals surface area contributed by atoms with Gasteiger partial charge in [-0.1, -0.05) is 18.2 Å². The van der Waals surface area contributed by atoms with E-state index in [1.54, 1.807) is 7.11 Å². The number of aromatic nitrogens is 2. The second-order valence-corrected chi connectivity index (χ2v) is 5.83. The summed E-state index contributed by atoms with van der Waals surface area (Å²) in [5, 5.41) is 4.69. The summed E-state index contributed by atoms with van der Waals surface area (Å²) in [7, 11) is 1.79. The number of hydrogen-bond donors (Lipinski definition) is 1. The van der Waals surface area contributed by atoms with Gasteiger partial charge in [0.25, 0.3) is 0 Å². The summed E-state index contributed by atoms with van der Waals surface area (Å²) >= 11 is 0. The predicted molar refractivity (Wildman–Crippen MR) is 94.1 cm³/mol. The zero-order chi connectivity index (χ0) is 15.4. The number of hydrogen-bond acceptors (Lipinski definition) is 4. The van der Waals surface area contributed by atoms with E-state index in [9.17, 15) is 0 Å². The molecule has 23 heavy (non-hydrogen) atoms. The molecule has 3 rings (SSSR count). The van der Waals surface area contributed by atoms with Crippen molar-refractivity contribution in [3.63, 3.8) is 0 Å². The number of nitrogens with two attached hydrogens (primary N) is 1. The first kappa shape index (κ1) is 17.9. The van der Waals surface area contributed by atoms with Crippen molar-refractivity contribution >= 4 is 12.4 Å². The van der Waals surface area contributed by atoms with Crippen LogP contribution in [0, 0.1) is 0 Å². The van der Waals surface area contributed by atoms with Crippen molar-refractivity contribution in [2.24, 2.45) is 5.73 Å². The van der Waals surface area contributed by atoms with E-state index in [1.807, 2.05) is 29.1 Å². The van der Waals surface area contributed by atoms with Gasteiger partial charge >= 0.3 is 0 Å². The first-order chi connectivity index (χ1) is 10.8. The molecular formula is C17H25ClN4O. The molecule has 126 valence electrons. The third-order valence-electron chi connectivity index (χ3n) is 4.43. The lowest BCUT2D eigenvalue weighted by Crippen LogP contribution is -2.48. The van der Waals surface area contributed by atoms with Crippen molar-refractivity contribution in [2.45, 2.75) is 31.5 Å². The van der Waals surface area contributed by atoms with Gasteiger partial charge in [0, 0.05) is 39.0 Å². The summed E-state index contributed by atoms with van der Waals surface area (Å²) in [4.78, 5) is 2.42. The van der Waals surface area contributed by atoms with Crippen LogP contribution in [0.3, 0.4) is 0 Å². The fraction of sp³-hybridized carbons (Fsp3) is 0.471. The molecule has 1 aliphatic heterocycles. The van der Waals surface area contributed by atoms with E-state index in [4.69, 9.17) is 10.5 Å². The smallest absolute Gasteiger partial charge is 0.0769 e. The maximum absolute atomic E-state index is 5.94. The Morgan fingerprint density at radius 2 is 2.04 bits per heavy atom. The van der Waals surface area contributed by atoms with Gasteiger partial charge < -0.3 is 10.5 Å². The first-order valence-electron chi connectivity index (χ1n) is 7.87. The van der Waals surface area contributed by atoms with E-state index in [0.717, 1.165) is 37.3 Å². The molecule has 0 spiro atoms. The Bertz CT molecular complexity index is 589. The third-order valence-corrected chi connectivity index (χ3v) is 4.43. The van der Waals surface area contributed by atoms with Crippen LogP contribution in [0.5, 0.6) is 0 Å². The van der Waals surface area contributed by atoms with Crippen LogP contribution in [0.1, 0.15) is 18.5 Å². The van der Waals surface area contributed by atoms with Gasteiger partial charge in [-0.05, 0) is 31.0 Å². The summed E-state index contributed by atoms with van der Waals surface area (Å²) in [6.45, 7) is 2.52. The Hall–Kier alpha value is -1.40. The Balaban J connectivity index is 0.00000192. The molecule has 0 saturated carbocycles. The number of para-hydroxylation sites is 1. The highest BCUT2D eigenvalue weighted by Gasteiger charge is 2.27. The number of methoxy groups -OCH3 is 1. The summed E-state index contributed by atoms with van der Waals surface area (Å²) < 4.78 is 7.41. The molecule has 0 aliphatic carbocycles. The predicted octanol–water partition coefficient (Wildman–Crippen LogP) is 2.23. The molecule has 1 aromatic heterocycles. The highest BCUT2D eigenvalue weighted by molar-refractivity contribution is 5.85. The van der Waals surface area contributed by atoms with Crippen LogP contribution in [0.15, 0.2) is 42.6 Å². The van der Waals surface area contributed by atoms with Crippen molar-refractivity contribution in [1.82, 2.24) is 14.7 Å². The third kappa shape index (κ3) is 4.32. The number of halogens is 1. The molecule has 1 aromatic carbocycles. The monoisotopic (exact) mass is 336 g/mol. The summed E-state index contributed by atoms with van der Waals surface area (Å²) in [5.74, 6) is 0. The van der Waals surface area contributed by atoms with E-state index in [-0.39, 0.29) is 12.4 Å². The topological polar surface area (TPSA) is 56.3 Å². The van der Waals surface area contributed by atoms with E-state index < -0.39 is 0 Å². The van der Waals surface area contributed by atoms with Crippen LogP contribution < -0.4 is 5.73 Å². The highest BCUT2D eigenvalue weighted by atomic mass is 35.5. The van der Waals surface area contributed by atoms with Crippen molar-refractivity contribution in [1.29, 1.82) is 0 Å². The van der Waals surface area contributed by atoms with Gasteiger partial charge in [0.05, 0.1) is 17.5 Å². The quantitative estimate of drug-likeness (QED) is 0.909. The molecule has 2 N–H and O–H groups in total.